The van der Waals surface area contributed by atoms with Crippen LogP contribution < -0.4 is 18.9 Å². The van der Waals surface area contributed by atoms with E-state index in [-0.39, 0.29) is 16.2 Å². The molecule has 8 heterocycles. The normalized spacial score (nSPS) is 14.2. The minimum absolute atomic E-state index is 0.283. The van der Waals surface area contributed by atoms with Crippen LogP contribution in [0.4, 0.5) is 0 Å². The molecule has 0 saturated carbocycles. The lowest BCUT2D eigenvalue weighted by Gasteiger charge is -2.36. The number of ether oxygens (including phenoxy) is 4. The summed E-state index contributed by atoms with van der Waals surface area (Å²) in [6, 6.07) is 121. The van der Waals surface area contributed by atoms with Crippen molar-refractivity contribution in [3.8, 4) is 159 Å². The van der Waals surface area contributed by atoms with E-state index in [9.17, 15) is 0 Å². The maximum absolute atomic E-state index is 7.11. The zero-order valence-electron chi connectivity index (χ0n) is 70.6. The zero-order valence-corrected chi connectivity index (χ0v) is 70.6. The number of furan rings is 2. The molecule has 0 fully saturated rings. The first kappa shape index (κ1) is 75.3. The maximum Gasteiger partial charge on any atom is 0.164 e. The first-order valence-corrected chi connectivity index (χ1v) is 42.8. The van der Waals surface area contributed by atoms with E-state index in [1.807, 2.05) is 170 Å². The molecular formula is C114H82N6O6. The Morgan fingerprint density at radius 1 is 0.190 bits per heavy atom. The van der Waals surface area contributed by atoms with E-state index >= 15 is 0 Å². The van der Waals surface area contributed by atoms with Gasteiger partial charge in [-0.25, -0.2) is 29.9 Å². The highest BCUT2D eigenvalue weighted by atomic mass is 16.5. The topological polar surface area (TPSA) is 141 Å². The molecule has 126 heavy (non-hydrogen) atoms. The molecule has 0 unspecified atom stereocenters. The van der Waals surface area contributed by atoms with E-state index in [4.69, 9.17) is 57.7 Å². The third-order valence-electron chi connectivity index (χ3n) is 26.0. The van der Waals surface area contributed by atoms with Gasteiger partial charge in [0.25, 0.3) is 0 Å². The van der Waals surface area contributed by atoms with Crippen LogP contribution in [-0.4, -0.2) is 29.9 Å². The van der Waals surface area contributed by atoms with Crippen LogP contribution in [0.2, 0.25) is 0 Å². The van der Waals surface area contributed by atoms with Crippen LogP contribution >= 0.6 is 0 Å². The summed E-state index contributed by atoms with van der Waals surface area (Å²) in [5, 5.41) is 3.78. The van der Waals surface area contributed by atoms with E-state index in [0.29, 0.717) is 34.9 Å². The van der Waals surface area contributed by atoms with Crippen LogP contribution in [0.15, 0.2) is 361 Å². The molecule has 24 rings (SSSR count). The molecule has 0 saturated heterocycles. The number of hydrogen-bond acceptors (Lipinski definition) is 12. The van der Waals surface area contributed by atoms with Crippen molar-refractivity contribution < 1.29 is 27.8 Å². The van der Waals surface area contributed by atoms with E-state index in [0.717, 1.165) is 207 Å². The highest BCUT2D eigenvalue weighted by Crippen LogP contribution is 2.58. The summed E-state index contributed by atoms with van der Waals surface area (Å²) in [5.74, 6) is 10.5. The SMILES string of the molecule is CC1(C)c2ccccc2Oc2ccc(-c3cc(-c4ccc5c(c4)C(C)(C)c4ccccc4O5)c4oc5cccc(-c6nc(-c7ccccc7)nc(-c7ccccc7)n6)c5c4c3)cc21.CC1(C)c2ccccc2Oc2cccc(-c3cc(-c4cccc5c4C(C)(C)c4ccccc4O5)c4oc5cccc(-c6nc(-c7ccccc7)nc(-c7ccccc7)n6)c5c4c3)c21. The van der Waals surface area contributed by atoms with Crippen molar-refractivity contribution in [2.24, 2.45) is 0 Å². The molecule has 604 valence electrons. The molecule has 4 aliphatic rings. The second kappa shape index (κ2) is 29.0. The van der Waals surface area contributed by atoms with Gasteiger partial charge in [0.1, 0.15) is 68.3 Å². The average molecular weight is 1630 g/mol. The number of hydrogen-bond donors (Lipinski definition) is 0. The van der Waals surface area contributed by atoms with Gasteiger partial charge in [-0.15, -0.1) is 0 Å². The summed E-state index contributed by atoms with van der Waals surface area (Å²) in [6.45, 7) is 18.3. The van der Waals surface area contributed by atoms with Crippen molar-refractivity contribution in [2.75, 3.05) is 0 Å². The quantitative estimate of drug-likeness (QED) is 0.129. The number of nitrogens with zero attached hydrogens (tertiary/aromatic N) is 6. The molecule has 0 N–H and O–H groups in total. The van der Waals surface area contributed by atoms with Crippen molar-refractivity contribution >= 4 is 43.9 Å². The summed E-state index contributed by atoms with van der Waals surface area (Å²) in [7, 11) is 0. The predicted octanol–water partition coefficient (Wildman–Crippen LogP) is 29.9. The molecular weight excluding hydrogens is 1550 g/mol. The van der Waals surface area contributed by atoms with E-state index in [1.54, 1.807) is 0 Å². The largest absolute Gasteiger partial charge is 0.457 e. The van der Waals surface area contributed by atoms with Gasteiger partial charge in [-0.3, -0.25) is 0 Å². The van der Waals surface area contributed by atoms with Gasteiger partial charge in [0.15, 0.2) is 34.9 Å². The van der Waals surface area contributed by atoms with Crippen molar-refractivity contribution in [2.45, 2.75) is 77.0 Å². The Labute approximate surface area is 729 Å². The number of aromatic nitrogens is 6. The molecule has 0 bridgehead atoms. The Bertz CT molecular complexity index is 7730. The summed E-state index contributed by atoms with van der Waals surface area (Å²) in [5.41, 5.74) is 24.4. The van der Waals surface area contributed by atoms with Crippen LogP contribution in [0.3, 0.4) is 0 Å². The monoisotopic (exact) mass is 1630 g/mol. The fraction of sp³-hybridized carbons (Fsp3) is 0.105. The lowest BCUT2D eigenvalue weighted by Crippen LogP contribution is -2.25. The molecule has 0 amide bonds. The summed E-state index contributed by atoms with van der Waals surface area (Å²) in [6.07, 6.45) is 0. The lowest BCUT2D eigenvalue weighted by molar-refractivity contribution is 0.418. The van der Waals surface area contributed by atoms with E-state index < -0.39 is 5.41 Å². The molecule has 0 spiro atoms. The molecule has 0 aliphatic carbocycles. The molecule has 12 heteroatoms. The van der Waals surface area contributed by atoms with Gasteiger partial charge in [-0.1, -0.05) is 310 Å². The van der Waals surface area contributed by atoms with Gasteiger partial charge >= 0.3 is 0 Å². The van der Waals surface area contributed by atoms with E-state index in [1.165, 1.54) is 5.56 Å². The number of benzene rings is 16. The third kappa shape index (κ3) is 12.3. The van der Waals surface area contributed by atoms with Gasteiger partial charge in [-0.2, -0.15) is 0 Å². The number of fused-ring (bicyclic) bond motifs is 14. The Morgan fingerprint density at radius 3 is 0.937 bits per heavy atom. The molecule has 0 radical (unpaired) electrons. The number of rotatable bonds is 10. The smallest absolute Gasteiger partial charge is 0.164 e. The molecule has 4 aromatic heterocycles. The van der Waals surface area contributed by atoms with Crippen molar-refractivity contribution in [3.63, 3.8) is 0 Å². The molecule has 20 aromatic rings. The lowest BCUT2D eigenvalue weighted by atomic mass is 9.71. The second-order valence-electron chi connectivity index (χ2n) is 35.1. The fourth-order valence-corrected chi connectivity index (χ4v) is 19.7. The average Bonchev–Trinajstić information content (AvgIpc) is 1.49. The van der Waals surface area contributed by atoms with Crippen molar-refractivity contribution in [3.05, 3.63) is 396 Å². The predicted molar refractivity (Wildman–Crippen MR) is 503 cm³/mol. The zero-order chi connectivity index (χ0) is 84.9. The van der Waals surface area contributed by atoms with Crippen LogP contribution in [0.25, 0.3) is 157 Å². The Balaban J connectivity index is 0.000000145. The Hall–Kier alpha value is -15.7. The first-order valence-electron chi connectivity index (χ1n) is 42.8. The summed E-state index contributed by atoms with van der Waals surface area (Å²) < 4.78 is 40.5. The van der Waals surface area contributed by atoms with Gasteiger partial charge in [-0.05, 0) is 130 Å². The Morgan fingerprint density at radius 2 is 0.500 bits per heavy atom. The molecule has 12 nitrogen and oxygen atoms in total. The number of para-hydroxylation sites is 4. The highest BCUT2D eigenvalue weighted by Gasteiger charge is 2.42. The van der Waals surface area contributed by atoms with Crippen LogP contribution in [-0.2, 0) is 21.7 Å². The van der Waals surface area contributed by atoms with Gasteiger partial charge in [0.2, 0.25) is 0 Å². The van der Waals surface area contributed by atoms with Crippen LogP contribution in [0, 0.1) is 0 Å². The van der Waals surface area contributed by atoms with E-state index in [2.05, 4.69) is 237 Å². The molecule has 0 atom stereocenters. The summed E-state index contributed by atoms with van der Waals surface area (Å²) in [4.78, 5) is 30.7. The standard InChI is InChI=1S/2C57H41N3O3/c1-56(2)42-25-11-13-27-44(42)61-47-30-15-22-37(50(47)56)36-32-40(38-23-16-31-48-51(38)57(3,4)43-26-12-14-28-45(43)62-48)52-41(33-36)49-39(24-17-29-46(49)63-52)55-59-53(34-18-7-5-8-19-34)58-54(60-55)35-20-9-6-10-21-35;1-56(2)42-21-11-13-23-46(42)61-48-28-26-36(32-44(48)56)38-30-40(37-27-29-49-45(33-37)57(3,4)43-22-12-14-24-47(43)62-49)52-41(31-38)51-39(20-15-25-50(51)63-52)55-59-53(34-16-7-5-8-17-34)58-54(60-55)35-18-9-6-10-19-35/h2*5-33H,1-4H3. The molecule has 4 aliphatic heterocycles. The molecule has 16 aromatic carbocycles. The van der Waals surface area contributed by atoms with Gasteiger partial charge in [0, 0.05) is 132 Å². The fourth-order valence-electron chi connectivity index (χ4n) is 19.7. The third-order valence-corrected chi connectivity index (χ3v) is 26.0. The van der Waals surface area contributed by atoms with Gasteiger partial charge in [0.05, 0.1) is 0 Å². The summed E-state index contributed by atoms with van der Waals surface area (Å²) >= 11 is 0. The first-order chi connectivity index (χ1) is 61.4. The second-order valence-corrected chi connectivity index (χ2v) is 35.1. The Kier molecular flexibility index (Phi) is 17.3. The minimum atomic E-state index is -0.391. The van der Waals surface area contributed by atoms with Crippen molar-refractivity contribution in [1.29, 1.82) is 0 Å². The van der Waals surface area contributed by atoms with Crippen LogP contribution in [0.1, 0.15) is 99.9 Å². The van der Waals surface area contributed by atoms with Crippen molar-refractivity contribution in [1.82, 2.24) is 29.9 Å². The van der Waals surface area contributed by atoms with Gasteiger partial charge < -0.3 is 27.8 Å². The van der Waals surface area contributed by atoms with Crippen LogP contribution in [0.5, 0.6) is 46.0 Å². The highest BCUT2D eigenvalue weighted by molar-refractivity contribution is 6.18. The minimum Gasteiger partial charge on any atom is -0.457 e. The maximum atomic E-state index is 7.11.